The first-order chi connectivity index (χ1) is 10.5. The Kier molecular flexibility index (Phi) is 6.25. The second-order valence-electron chi connectivity index (χ2n) is 4.10. The molecule has 0 radical (unpaired) electrons. The highest BCUT2D eigenvalue weighted by molar-refractivity contribution is 9.08. The fourth-order valence-electron chi connectivity index (χ4n) is 1.72. The van der Waals surface area contributed by atoms with Crippen molar-refractivity contribution in [2.75, 3.05) is 6.61 Å². The van der Waals surface area contributed by atoms with Crippen LogP contribution >= 0.6 is 15.9 Å². The summed E-state index contributed by atoms with van der Waals surface area (Å²) in [6.07, 6.45) is -10.6. The summed E-state index contributed by atoms with van der Waals surface area (Å²) in [6, 6.07) is 0. The highest BCUT2D eigenvalue weighted by Crippen LogP contribution is 2.41. The van der Waals surface area contributed by atoms with Gasteiger partial charge in [0.15, 0.2) is 0 Å². The number of carbonyl (C=O) groups is 1. The summed E-state index contributed by atoms with van der Waals surface area (Å²) in [5.74, 6) is -2.67. The number of hydrogen-bond donors (Lipinski definition) is 0. The van der Waals surface area contributed by atoms with Crippen LogP contribution in [-0.2, 0) is 27.5 Å². The summed E-state index contributed by atoms with van der Waals surface area (Å²) in [4.78, 5) is 14.5. The van der Waals surface area contributed by atoms with Crippen molar-refractivity contribution in [3.8, 4) is 5.88 Å². The van der Waals surface area contributed by atoms with E-state index in [4.69, 9.17) is 0 Å². The van der Waals surface area contributed by atoms with Gasteiger partial charge in [-0.25, -0.2) is 4.98 Å². The van der Waals surface area contributed by atoms with Crippen LogP contribution in [0.15, 0.2) is 6.20 Å². The van der Waals surface area contributed by atoms with E-state index in [0.29, 0.717) is 0 Å². The fourth-order valence-corrected chi connectivity index (χ4v) is 2.20. The number of nitrogens with zero attached hydrogens (tertiary/aromatic N) is 1. The lowest BCUT2D eigenvalue weighted by Gasteiger charge is -2.19. The first-order valence-electron chi connectivity index (χ1n) is 6.04. The van der Waals surface area contributed by atoms with Crippen molar-refractivity contribution in [2.45, 2.75) is 31.2 Å². The molecule has 23 heavy (non-hydrogen) atoms. The number of ether oxygens (including phenoxy) is 2. The van der Waals surface area contributed by atoms with Gasteiger partial charge in [-0.05, 0) is 18.1 Å². The molecule has 0 spiro atoms. The molecule has 130 valence electrons. The van der Waals surface area contributed by atoms with Crippen LogP contribution in [0.25, 0.3) is 0 Å². The highest BCUT2D eigenvalue weighted by Gasteiger charge is 2.43. The smallest absolute Gasteiger partial charge is 0.466 e. The maximum absolute atomic E-state index is 13.2. The normalized spacial score (nSPS) is 12.2. The van der Waals surface area contributed by atoms with Crippen LogP contribution in [0.2, 0.25) is 0 Å². The molecule has 0 aliphatic rings. The topological polar surface area (TPSA) is 48.4 Å². The van der Waals surface area contributed by atoms with Crippen molar-refractivity contribution in [1.29, 1.82) is 0 Å². The minimum Gasteiger partial charge on any atom is -0.466 e. The lowest BCUT2D eigenvalue weighted by atomic mass is 10.0. The van der Waals surface area contributed by atoms with Crippen LogP contribution in [0.3, 0.4) is 0 Å². The first-order valence-corrected chi connectivity index (χ1v) is 7.17. The van der Waals surface area contributed by atoms with Crippen LogP contribution in [0.1, 0.15) is 23.6 Å². The number of carbonyl (C=O) groups excluding carboxylic acids is 1. The Morgan fingerprint density at radius 2 is 1.87 bits per heavy atom. The van der Waals surface area contributed by atoms with Gasteiger partial charge in [0.25, 0.3) is 0 Å². The minimum absolute atomic E-state index is 0.0825. The van der Waals surface area contributed by atoms with Gasteiger partial charge in [0, 0.05) is 11.5 Å². The third kappa shape index (κ3) is 5.56. The van der Waals surface area contributed by atoms with Crippen molar-refractivity contribution in [3.05, 3.63) is 22.9 Å². The molecule has 4 nitrogen and oxygen atoms in total. The van der Waals surface area contributed by atoms with Gasteiger partial charge in [-0.3, -0.25) is 4.79 Å². The zero-order chi connectivity index (χ0) is 17.8. The predicted molar refractivity (Wildman–Crippen MR) is 68.9 cm³/mol. The van der Waals surface area contributed by atoms with Crippen molar-refractivity contribution in [2.24, 2.45) is 0 Å². The molecule has 0 atom stereocenters. The van der Waals surface area contributed by atoms with Crippen LogP contribution < -0.4 is 4.74 Å². The molecule has 1 aromatic heterocycles. The number of aromatic nitrogens is 1. The molecule has 1 heterocycles. The van der Waals surface area contributed by atoms with Gasteiger partial charge in [-0.1, -0.05) is 15.9 Å². The van der Waals surface area contributed by atoms with Crippen molar-refractivity contribution >= 4 is 21.9 Å². The van der Waals surface area contributed by atoms with Gasteiger partial charge in [0.2, 0.25) is 5.88 Å². The van der Waals surface area contributed by atoms with Gasteiger partial charge in [-0.15, -0.1) is 13.2 Å². The predicted octanol–water partition coefficient (Wildman–Crippen LogP) is 4.00. The molecule has 0 amide bonds. The molecule has 0 saturated heterocycles. The minimum atomic E-state index is -5.36. The van der Waals surface area contributed by atoms with Gasteiger partial charge in [-0.2, -0.15) is 13.2 Å². The second kappa shape index (κ2) is 7.37. The highest BCUT2D eigenvalue weighted by atomic mass is 79.9. The number of halogens is 7. The molecule has 0 saturated carbocycles. The zero-order valence-corrected chi connectivity index (χ0v) is 13.1. The Morgan fingerprint density at radius 3 is 2.30 bits per heavy atom. The summed E-state index contributed by atoms with van der Waals surface area (Å²) in [7, 11) is 0. The second-order valence-corrected chi connectivity index (χ2v) is 4.66. The lowest BCUT2D eigenvalue weighted by Crippen LogP contribution is -2.24. The van der Waals surface area contributed by atoms with Crippen LogP contribution in [-0.4, -0.2) is 23.9 Å². The molecular weight excluding hydrogens is 400 g/mol. The van der Waals surface area contributed by atoms with Crippen molar-refractivity contribution in [1.82, 2.24) is 4.98 Å². The molecule has 0 fully saturated rings. The first kappa shape index (κ1) is 19.5. The van der Waals surface area contributed by atoms with Crippen LogP contribution in [0.4, 0.5) is 26.3 Å². The fraction of sp³-hybridized carbons (Fsp3) is 0.500. The molecule has 0 aliphatic carbocycles. The van der Waals surface area contributed by atoms with Gasteiger partial charge < -0.3 is 9.47 Å². The average molecular weight is 410 g/mol. The molecular formula is C12H10BrF6NO3. The third-order valence-corrected chi connectivity index (χ3v) is 3.11. The van der Waals surface area contributed by atoms with E-state index in [1.807, 2.05) is 0 Å². The molecule has 0 bridgehead atoms. The summed E-state index contributed by atoms with van der Waals surface area (Å²) >= 11 is 2.90. The standard InChI is InChI=1S/C12H10BrF6NO3/c1-2-22-8(21)3-7-6(4-13)5-20-10(23-12(17,18)19)9(7)11(14,15)16/h5H,2-4H2,1H3. The Balaban J connectivity index is 3.48. The van der Waals surface area contributed by atoms with Crippen LogP contribution in [0.5, 0.6) is 5.88 Å². The van der Waals surface area contributed by atoms with E-state index >= 15 is 0 Å². The van der Waals surface area contributed by atoms with Gasteiger partial charge >= 0.3 is 18.5 Å². The third-order valence-electron chi connectivity index (χ3n) is 2.51. The number of rotatable bonds is 5. The molecule has 0 unspecified atom stereocenters. The average Bonchev–Trinajstić information content (AvgIpc) is 2.35. The summed E-state index contributed by atoms with van der Waals surface area (Å²) in [5, 5.41) is -0.149. The Labute approximate surface area is 134 Å². The maximum Gasteiger partial charge on any atom is 0.574 e. The molecule has 0 aromatic carbocycles. The molecule has 0 aliphatic heterocycles. The SMILES string of the molecule is CCOC(=O)Cc1c(CBr)cnc(OC(F)(F)F)c1C(F)(F)F. The summed E-state index contributed by atoms with van der Waals surface area (Å²) < 4.78 is 84.3. The van der Waals surface area contributed by atoms with E-state index in [9.17, 15) is 31.1 Å². The van der Waals surface area contributed by atoms with E-state index in [0.717, 1.165) is 6.20 Å². The number of esters is 1. The monoisotopic (exact) mass is 409 g/mol. The van der Waals surface area contributed by atoms with Crippen molar-refractivity contribution < 1.29 is 40.6 Å². The summed E-state index contributed by atoms with van der Waals surface area (Å²) in [6.45, 7) is 1.36. The van der Waals surface area contributed by atoms with Crippen LogP contribution in [0, 0.1) is 0 Å². The van der Waals surface area contributed by atoms with E-state index < -0.39 is 41.9 Å². The molecule has 11 heteroatoms. The number of pyridine rings is 1. The lowest BCUT2D eigenvalue weighted by molar-refractivity contribution is -0.277. The summed E-state index contributed by atoms with van der Waals surface area (Å²) in [5.41, 5.74) is -2.53. The molecule has 1 aromatic rings. The number of alkyl halides is 7. The van der Waals surface area contributed by atoms with E-state index in [1.165, 1.54) is 6.92 Å². The largest absolute Gasteiger partial charge is 0.574 e. The zero-order valence-electron chi connectivity index (χ0n) is 11.5. The van der Waals surface area contributed by atoms with Crippen molar-refractivity contribution in [3.63, 3.8) is 0 Å². The number of hydrogen-bond acceptors (Lipinski definition) is 4. The van der Waals surface area contributed by atoms with E-state index in [2.05, 4.69) is 30.4 Å². The Bertz CT molecular complexity index is 573. The van der Waals surface area contributed by atoms with E-state index in [-0.39, 0.29) is 17.5 Å². The Morgan fingerprint density at radius 1 is 1.26 bits per heavy atom. The molecule has 1 rings (SSSR count). The Hall–Kier alpha value is -1.52. The van der Waals surface area contributed by atoms with E-state index in [1.54, 1.807) is 0 Å². The van der Waals surface area contributed by atoms with Gasteiger partial charge in [0.1, 0.15) is 5.56 Å². The molecule has 0 N–H and O–H groups in total. The maximum atomic E-state index is 13.2. The van der Waals surface area contributed by atoms with Gasteiger partial charge in [0.05, 0.1) is 13.0 Å². The quantitative estimate of drug-likeness (QED) is 0.419.